The van der Waals surface area contributed by atoms with Crippen LogP contribution < -0.4 is 15.6 Å². The molecule has 3 aromatic rings. The van der Waals surface area contributed by atoms with Gasteiger partial charge in [-0.25, -0.2) is 9.78 Å². The molecule has 0 spiro atoms. The zero-order valence-electron chi connectivity index (χ0n) is 15.3. The van der Waals surface area contributed by atoms with E-state index in [2.05, 4.69) is 14.9 Å². The Hall–Kier alpha value is -3.29. The average Bonchev–Trinajstić information content (AvgIpc) is 3.07. The van der Waals surface area contributed by atoms with Crippen LogP contribution in [0, 0.1) is 0 Å². The molecule has 8 heteroatoms. The minimum Gasteiger partial charge on any atom is -0.406 e. The van der Waals surface area contributed by atoms with E-state index in [-0.39, 0.29) is 5.91 Å². The maximum absolute atomic E-state index is 13.0. The molecule has 8 nitrogen and oxygen atoms in total. The summed E-state index contributed by atoms with van der Waals surface area (Å²) < 4.78 is 5.29. The lowest BCUT2D eigenvalue weighted by molar-refractivity contribution is 0.0747. The number of aromatic amines is 1. The number of aromatic nitrogens is 2. The number of carbonyl (C=O) groups is 1. The minimum atomic E-state index is -0.459. The molecule has 2 aromatic heterocycles. The van der Waals surface area contributed by atoms with E-state index in [0.717, 1.165) is 5.69 Å². The molecule has 1 amide bonds. The van der Waals surface area contributed by atoms with Crippen molar-refractivity contribution < 1.29 is 9.21 Å². The topological polar surface area (TPSA) is 85.7 Å². The van der Waals surface area contributed by atoms with Crippen LogP contribution in [0.2, 0.25) is 0 Å². The monoisotopic (exact) mass is 367 g/mol. The zero-order valence-corrected chi connectivity index (χ0v) is 15.3. The first-order valence-electron chi connectivity index (χ1n) is 8.83. The number of anilines is 2. The van der Waals surface area contributed by atoms with E-state index in [1.54, 1.807) is 12.3 Å². The molecule has 1 aromatic carbocycles. The number of rotatable bonds is 3. The van der Waals surface area contributed by atoms with Crippen molar-refractivity contribution in [2.75, 3.05) is 50.1 Å². The summed E-state index contributed by atoms with van der Waals surface area (Å²) in [4.78, 5) is 37.3. The lowest BCUT2D eigenvalue weighted by Gasteiger charge is -2.36. The first-order valence-corrected chi connectivity index (χ1v) is 8.83. The van der Waals surface area contributed by atoms with Crippen LogP contribution in [0.4, 0.5) is 11.5 Å². The van der Waals surface area contributed by atoms with Crippen molar-refractivity contribution in [2.45, 2.75) is 0 Å². The van der Waals surface area contributed by atoms with Gasteiger partial charge in [0.05, 0.1) is 16.8 Å². The van der Waals surface area contributed by atoms with Crippen molar-refractivity contribution >= 4 is 28.5 Å². The van der Waals surface area contributed by atoms with Crippen LogP contribution in [0.5, 0.6) is 0 Å². The van der Waals surface area contributed by atoms with E-state index in [1.165, 1.54) is 0 Å². The Morgan fingerprint density at radius 2 is 1.93 bits per heavy atom. The second-order valence-corrected chi connectivity index (χ2v) is 6.72. The van der Waals surface area contributed by atoms with E-state index in [9.17, 15) is 9.59 Å². The third-order valence-corrected chi connectivity index (χ3v) is 4.77. The van der Waals surface area contributed by atoms with Gasteiger partial charge in [0, 0.05) is 46.5 Å². The fraction of sp³-hybridized carbons (Fsp3) is 0.316. The Labute approximate surface area is 156 Å². The van der Waals surface area contributed by atoms with Crippen molar-refractivity contribution in [2.24, 2.45) is 0 Å². The summed E-state index contributed by atoms with van der Waals surface area (Å²) in [5.74, 6) is 0.195. The number of pyridine rings is 1. The maximum Gasteiger partial charge on any atom is 0.417 e. The summed E-state index contributed by atoms with van der Waals surface area (Å²) in [5.41, 5.74) is 2.72. The van der Waals surface area contributed by atoms with Crippen LogP contribution in [-0.2, 0) is 0 Å². The predicted octanol–water partition coefficient (Wildman–Crippen LogP) is 1.54. The molecule has 0 saturated carbocycles. The number of para-hydroxylation sites is 1. The van der Waals surface area contributed by atoms with E-state index in [0.29, 0.717) is 48.7 Å². The number of nitrogens with one attached hydrogen (secondary N) is 1. The lowest BCUT2D eigenvalue weighted by atomic mass is 10.1. The van der Waals surface area contributed by atoms with E-state index < -0.39 is 5.76 Å². The van der Waals surface area contributed by atoms with Gasteiger partial charge in [-0.3, -0.25) is 9.78 Å². The Morgan fingerprint density at radius 3 is 2.67 bits per heavy atom. The zero-order chi connectivity index (χ0) is 19.0. The number of carbonyl (C=O) groups excluding carboxylic acids is 1. The predicted molar refractivity (Wildman–Crippen MR) is 104 cm³/mol. The third-order valence-electron chi connectivity index (χ3n) is 4.77. The van der Waals surface area contributed by atoms with Crippen molar-refractivity contribution in [3.05, 3.63) is 52.6 Å². The van der Waals surface area contributed by atoms with Crippen molar-refractivity contribution in [1.29, 1.82) is 0 Å². The van der Waals surface area contributed by atoms with Gasteiger partial charge in [-0.05, 0) is 24.3 Å². The third kappa shape index (κ3) is 3.14. The van der Waals surface area contributed by atoms with Crippen LogP contribution in [0.25, 0.3) is 11.1 Å². The quantitative estimate of drug-likeness (QED) is 0.756. The molecule has 1 saturated heterocycles. The van der Waals surface area contributed by atoms with Gasteiger partial charge >= 0.3 is 5.76 Å². The van der Waals surface area contributed by atoms with Crippen LogP contribution in [-0.4, -0.2) is 61.0 Å². The maximum atomic E-state index is 13.0. The van der Waals surface area contributed by atoms with E-state index in [4.69, 9.17) is 4.42 Å². The normalized spacial score (nSPS) is 14.6. The van der Waals surface area contributed by atoms with Crippen molar-refractivity contribution in [3.8, 4) is 0 Å². The average molecular weight is 367 g/mol. The Bertz CT molecular complexity index is 1030. The highest BCUT2D eigenvalue weighted by molar-refractivity contribution is 5.99. The summed E-state index contributed by atoms with van der Waals surface area (Å²) in [5, 5.41) is 0. The highest BCUT2D eigenvalue weighted by atomic mass is 16.4. The largest absolute Gasteiger partial charge is 0.417 e. The molecule has 0 unspecified atom stereocenters. The fourth-order valence-electron chi connectivity index (χ4n) is 3.45. The van der Waals surface area contributed by atoms with Crippen molar-refractivity contribution in [1.82, 2.24) is 14.9 Å². The number of hydrogen-bond donors (Lipinski definition) is 1. The lowest BCUT2D eigenvalue weighted by Crippen LogP contribution is -2.49. The molecule has 1 aliphatic heterocycles. The molecule has 3 heterocycles. The van der Waals surface area contributed by atoms with E-state index in [1.807, 2.05) is 48.2 Å². The number of H-pyrrole nitrogens is 1. The SMILES string of the molecule is CN(C)c1ncccc1C(=O)N1CCN(c2cccc3[nH]c(=O)oc23)CC1. The van der Waals surface area contributed by atoms with Gasteiger partial charge in [0.15, 0.2) is 5.58 Å². The highest BCUT2D eigenvalue weighted by Gasteiger charge is 2.26. The molecule has 0 atom stereocenters. The summed E-state index contributed by atoms with van der Waals surface area (Å²) >= 11 is 0. The van der Waals surface area contributed by atoms with Crippen LogP contribution in [0.3, 0.4) is 0 Å². The molecular formula is C19H21N5O3. The summed E-state index contributed by atoms with van der Waals surface area (Å²) in [6.45, 7) is 2.51. The number of amides is 1. The second-order valence-electron chi connectivity index (χ2n) is 6.72. The highest BCUT2D eigenvalue weighted by Crippen LogP contribution is 2.26. The van der Waals surface area contributed by atoms with Gasteiger partial charge in [-0.1, -0.05) is 6.07 Å². The summed E-state index contributed by atoms with van der Waals surface area (Å²) in [6, 6.07) is 9.23. The molecule has 1 fully saturated rings. The minimum absolute atomic E-state index is 0.0159. The van der Waals surface area contributed by atoms with Crippen LogP contribution in [0.1, 0.15) is 10.4 Å². The smallest absolute Gasteiger partial charge is 0.406 e. The Kier molecular flexibility index (Phi) is 4.31. The molecule has 4 rings (SSSR count). The molecule has 0 bridgehead atoms. The number of nitrogens with zero attached hydrogens (tertiary/aromatic N) is 4. The second kappa shape index (κ2) is 6.79. The molecule has 27 heavy (non-hydrogen) atoms. The number of benzene rings is 1. The van der Waals surface area contributed by atoms with Gasteiger partial charge in [-0.2, -0.15) is 0 Å². The summed E-state index contributed by atoms with van der Waals surface area (Å²) in [6.07, 6.45) is 1.69. The summed E-state index contributed by atoms with van der Waals surface area (Å²) in [7, 11) is 3.75. The first-order chi connectivity index (χ1) is 13.0. The molecule has 1 aliphatic rings. The molecule has 0 aliphatic carbocycles. The van der Waals surface area contributed by atoms with Crippen LogP contribution in [0.15, 0.2) is 45.7 Å². The molecule has 140 valence electrons. The van der Waals surface area contributed by atoms with Crippen LogP contribution >= 0.6 is 0 Å². The van der Waals surface area contributed by atoms with Gasteiger partial charge in [0.2, 0.25) is 0 Å². The molecule has 0 radical (unpaired) electrons. The van der Waals surface area contributed by atoms with Gasteiger partial charge < -0.3 is 19.1 Å². The number of oxazole rings is 1. The number of hydrogen-bond acceptors (Lipinski definition) is 6. The standard InChI is InChI=1S/C19H21N5O3/c1-22(2)17-13(5-4-8-20-17)18(25)24-11-9-23(10-12-24)15-7-3-6-14-16(15)27-19(26)21-14/h3-8H,9-12H2,1-2H3,(H,21,26). The van der Waals surface area contributed by atoms with Gasteiger partial charge in [0.1, 0.15) is 5.82 Å². The van der Waals surface area contributed by atoms with Gasteiger partial charge in [0.25, 0.3) is 5.91 Å². The van der Waals surface area contributed by atoms with Gasteiger partial charge in [-0.15, -0.1) is 0 Å². The van der Waals surface area contributed by atoms with E-state index >= 15 is 0 Å². The Balaban J connectivity index is 1.52. The molecule has 1 N–H and O–H groups in total. The Morgan fingerprint density at radius 1 is 1.15 bits per heavy atom. The number of fused-ring (bicyclic) bond motifs is 1. The fourth-order valence-corrected chi connectivity index (χ4v) is 3.45. The number of piperazine rings is 1. The first kappa shape index (κ1) is 17.1. The molecular weight excluding hydrogens is 346 g/mol. The van der Waals surface area contributed by atoms with Crippen molar-refractivity contribution in [3.63, 3.8) is 0 Å².